The topological polar surface area (TPSA) is 38.1 Å². The standard InChI is InChI=1S/C12H12FN3OS/c1-15(2)12(17)18-9-7-14-16(8-9)11-6-4-3-5-10(11)13/h3-8H,1-2H3. The second kappa shape index (κ2) is 5.22. The quantitative estimate of drug-likeness (QED) is 0.784. The van der Waals surface area contributed by atoms with E-state index in [1.807, 2.05) is 0 Å². The third-order valence-corrected chi connectivity index (χ3v) is 3.21. The Morgan fingerprint density at radius 1 is 1.39 bits per heavy atom. The van der Waals surface area contributed by atoms with Crippen LogP contribution in [0, 0.1) is 5.82 Å². The molecule has 0 N–H and O–H groups in total. The smallest absolute Gasteiger partial charge is 0.286 e. The van der Waals surface area contributed by atoms with Crippen LogP contribution in [0.4, 0.5) is 9.18 Å². The fourth-order valence-electron chi connectivity index (χ4n) is 1.32. The lowest BCUT2D eigenvalue weighted by Gasteiger charge is -2.07. The summed E-state index contributed by atoms with van der Waals surface area (Å²) in [6.45, 7) is 0. The summed E-state index contributed by atoms with van der Waals surface area (Å²) in [5.41, 5.74) is 0.363. The van der Waals surface area contributed by atoms with Crippen molar-refractivity contribution >= 4 is 17.0 Å². The highest BCUT2D eigenvalue weighted by Crippen LogP contribution is 2.21. The van der Waals surface area contributed by atoms with E-state index in [2.05, 4.69) is 5.10 Å². The van der Waals surface area contributed by atoms with Crippen LogP contribution in [0.2, 0.25) is 0 Å². The summed E-state index contributed by atoms with van der Waals surface area (Å²) in [6, 6.07) is 6.35. The predicted molar refractivity (Wildman–Crippen MR) is 68.5 cm³/mol. The van der Waals surface area contributed by atoms with Crippen LogP contribution < -0.4 is 0 Å². The number of thioether (sulfide) groups is 1. The SMILES string of the molecule is CN(C)C(=O)Sc1cnn(-c2ccccc2F)c1. The van der Waals surface area contributed by atoms with Crippen LogP contribution in [0.1, 0.15) is 0 Å². The number of hydrogen-bond donors (Lipinski definition) is 0. The Balaban J connectivity index is 2.21. The third-order valence-electron chi connectivity index (χ3n) is 2.23. The number of halogens is 1. The molecule has 94 valence electrons. The highest BCUT2D eigenvalue weighted by atomic mass is 32.2. The third kappa shape index (κ3) is 2.70. The monoisotopic (exact) mass is 265 g/mol. The molecule has 0 saturated heterocycles. The minimum Gasteiger partial charge on any atom is -0.339 e. The Morgan fingerprint density at radius 3 is 2.78 bits per heavy atom. The van der Waals surface area contributed by atoms with E-state index in [1.165, 1.54) is 15.6 Å². The summed E-state index contributed by atoms with van der Waals surface area (Å²) >= 11 is 1.05. The normalized spacial score (nSPS) is 10.4. The van der Waals surface area contributed by atoms with Gasteiger partial charge in [-0.2, -0.15) is 5.10 Å². The molecule has 0 aliphatic rings. The maximum Gasteiger partial charge on any atom is 0.286 e. The number of nitrogens with zero attached hydrogens (tertiary/aromatic N) is 3. The average Bonchev–Trinajstić information content (AvgIpc) is 2.77. The minimum atomic E-state index is -0.351. The van der Waals surface area contributed by atoms with Crippen molar-refractivity contribution in [3.05, 3.63) is 42.5 Å². The predicted octanol–water partition coefficient (Wildman–Crippen LogP) is 2.79. The zero-order valence-electron chi connectivity index (χ0n) is 10.0. The summed E-state index contributed by atoms with van der Waals surface area (Å²) in [4.78, 5) is 13.7. The van der Waals surface area contributed by atoms with Gasteiger partial charge in [0.15, 0.2) is 0 Å². The summed E-state index contributed by atoms with van der Waals surface area (Å²) in [7, 11) is 3.35. The lowest BCUT2D eigenvalue weighted by Crippen LogP contribution is -2.15. The van der Waals surface area contributed by atoms with Crippen molar-refractivity contribution in [1.82, 2.24) is 14.7 Å². The van der Waals surface area contributed by atoms with E-state index in [1.54, 1.807) is 44.7 Å². The van der Waals surface area contributed by atoms with Gasteiger partial charge in [0.1, 0.15) is 11.5 Å². The molecule has 6 heteroatoms. The number of hydrogen-bond acceptors (Lipinski definition) is 3. The Kier molecular flexibility index (Phi) is 3.66. The van der Waals surface area contributed by atoms with Gasteiger partial charge in [0.25, 0.3) is 5.24 Å². The lowest BCUT2D eigenvalue weighted by atomic mass is 10.3. The number of rotatable bonds is 2. The molecule has 18 heavy (non-hydrogen) atoms. The van der Waals surface area contributed by atoms with Gasteiger partial charge < -0.3 is 4.90 Å². The maximum atomic E-state index is 13.5. The van der Waals surface area contributed by atoms with E-state index >= 15 is 0 Å². The molecule has 0 spiro atoms. The minimum absolute atomic E-state index is 0.0944. The molecule has 2 aromatic rings. The van der Waals surface area contributed by atoms with Crippen molar-refractivity contribution in [3.63, 3.8) is 0 Å². The summed E-state index contributed by atoms with van der Waals surface area (Å²) < 4.78 is 14.9. The maximum absolute atomic E-state index is 13.5. The number of para-hydroxylation sites is 1. The van der Waals surface area contributed by atoms with Crippen molar-refractivity contribution in [2.24, 2.45) is 0 Å². The van der Waals surface area contributed by atoms with Crippen LogP contribution in [0.3, 0.4) is 0 Å². The Bertz CT molecular complexity index is 568. The molecule has 4 nitrogen and oxygen atoms in total. The molecule has 1 heterocycles. The van der Waals surface area contributed by atoms with Crippen molar-refractivity contribution in [2.45, 2.75) is 4.90 Å². The van der Waals surface area contributed by atoms with Gasteiger partial charge in [0, 0.05) is 20.3 Å². The molecule has 0 radical (unpaired) electrons. The molecule has 0 unspecified atom stereocenters. The number of carbonyl (C=O) groups excluding carboxylic acids is 1. The Labute approximate surface area is 108 Å². The number of amides is 1. The number of benzene rings is 1. The van der Waals surface area contributed by atoms with Gasteiger partial charge in [-0.3, -0.25) is 4.79 Å². The Hall–Kier alpha value is -1.82. The van der Waals surface area contributed by atoms with Crippen LogP contribution in [-0.4, -0.2) is 34.0 Å². The van der Waals surface area contributed by atoms with Crippen molar-refractivity contribution in [1.29, 1.82) is 0 Å². The summed E-state index contributed by atoms with van der Waals surface area (Å²) in [5.74, 6) is -0.351. The molecule has 2 rings (SSSR count). The molecule has 0 bridgehead atoms. The van der Waals surface area contributed by atoms with Crippen LogP contribution in [-0.2, 0) is 0 Å². The largest absolute Gasteiger partial charge is 0.339 e. The highest BCUT2D eigenvalue weighted by molar-refractivity contribution is 8.13. The molecule has 0 saturated carbocycles. The summed E-state index contributed by atoms with van der Waals surface area (Å²) in [6.07, 6.45) is 3.17. The van der Waals surface area contributed by atoms with Crippen LogP contribution in [0.5, 0.6) is 0 Å². The average molecular weight is 265 g/mol. The van der Waals surface area contributed by atoms with Crippen molar-refractivity contribution < 1.29 is 9.18 Å². The van der Waals surface area contributed by atoms with Crippen LogP contribution >= 0.6 is 11.8 Å². The first-order valence-corrected chi connectivity index (χ1v) is 6.08. The van der Waals surface area contributed by atoms with E-state index in [0.29, 0.717) is 10.6 Å². The van der Waals surface area contributed by atoms with Crippen LogP contribution in [0.25, 0.3) is 5.69 Å². The molecule has 0 aliphatic heterocycles. The zero-order valence-corrected chi connectivity index (χ0v) is 10.8. The molecule has 0 atom stereocenters. The van der Waals surface area contributed by atoms with E-state index in [-0.39, 0.29) is 11.1 Å². The molecule has 1 aromatic carbocycles. The number of aromatic nitrogens is 2. The first-order chi connectivity index (χ1) is 8.58. The first-order valence-electron chi connectivity index (χ1n) is 5.26. The van der Waals surface area contributed by atoms with Crippen molar-refractivity contribution in [2.75, 3.05) is 14.1 Å². The molecule has 1 aromatic heterocycles. The molecular weight excluding hydrogens is 253 g/mol. The molecule has 0 aliphatic carbocycles. The lowest BCUT2D eigenvalue weighted by molar-refractivity contribution is 0.241. The highest BCUT2D eigenvalue weighted by Gasteiger charge is 2.10. The first kappa shape index (κ1) is 12.6. The van der Waals surface area contributed by atoms with E-state index in [9.17, 15) is 9.18 Å². The molecular formula is C12H12FN3OS. The Morgan fingerprint density at radius 2 is 2.11 bits per heavy atom. The number of carbonyl (C=O) groups is 1. The van der Waals surface area contributed by atoms with E-state index in [4.69, 9.17) is 0 Å². The van der Waals surface area contributed by atoms with Gasteiger partial charge in [0.2, 0.25) is 0 Å². The van der Waals surface area contributed by atoms with Gasteiger partial charge >= 0.3 is 0 Å². The van der Waals surface area contributed by atoms with Crippen LogP contribution in [0.15, 0.2) is 41.6 Å². The van der Waals surface area contributed by atoms with Gasteiger partial charge in [-0.05, 0) is 23.9 Å². The zero-order chi connectivity index (χ0) is 13.1. The van der Waals surface area contributed by atoms with Gasteiger partial charge in [0.05, 0.1) is 11.1 Å². The fourth-order valence-corrected chi connectivity index (χ4v) is 1.96. The molecule has 0 fully saturated rings. The van der Waals surface area contributed by atoms with Crippen molar-refractivity contribution in [3.8, 4) is 5.69 Å². The van der Waals surface area contributed by atoms with Gasteiger partial charge in [-0.25, -0.2) is 9.07 Å². The van der Waals surface area contributed by atoms with E-state index in [0.717, 1.165) is 11.8 Å². The fraction of sp³-hybridized carbons (Fsp3) is 0.167. The second-order valence-electron chi connectivity index (χ2n) is 3.83. The van der Waals surface area contributed by atoms with E-state index < -0.39 is 0 Å². The molecule has 1 amide bonds. The van der Waals surface area contributed by atoms with Gasteiger partial charge in [-0.15, -0.1) is 0 Å². The second-order valence-corrected chi connectivity index (χ2v) is 4.86. The summed E-state index contributed by atoms with van der Waals surface area (Å²) in [5, 5.41) is 3.95. The van der Waals surface area contributed by atoms with Gasteiger partial charge in [-0.1, -0.05) is 12.1 Å².